The van der Waals surface area contributed by atoms with Gasteiger partial charge in [0, 0.05) is 20.3 Å². The van der Waals surface area contributed by atoms with Gasteiger partial charge in [0.1, 0.15) is 0 Å². The van der Waals surface area contributed by atoms with E-state index in [1.54, 1.807) is 7.11 Å². The van der Waals surface area contributed by atoms with Gasteiger partial charge in [0.15, 0.2) is 9.04 Å². The molecule has 0 aromatic rings. The molecule has 1 atom stereocenters. The molecule has 68 valence electrons. The molecule has 0 bridgehead atoms. The van der Waals surface area contributed by atoms with Crippen LogP contribution in [0.5, 0.6) is 0 Å². The van der Waals surface area contributed by atoms with Crippen molar-refractivity contribution in [3.63, 3.8) is 0 Å². The fourth-order valence-electron chi connectivity index (χ4n) is 0.978. The minimum Gasteiger partial charge on any atom is -0.420 e. The van der Waals surface area contributed by atoms with Gasteiger partial charge in [-0.1, -0.05) is 13.3 Å². The Morgan fingerprint density at radius 2 is 2.00 bits per heavy atom. The summed E-state index contributed by atoms with van der Waals surface area (Å²) in [7, 11) is 0.929. The number of methoxy groups -OCH3 is 1. The Balaban J connectivity index is 2.97. The van der Waals surface area contributed by atoms with Crippen molar-refractivity contribution in [3.8, 4) is 0 Å². The normalized spacial score (nSPS) is 13.4. The van der Waals surface area contributed by atoms with Crippen molar-refractivity contribution in [1.82, 2.24) is 0 Å². The maximum absolute atomic E-state index is 5.64. The van der Waals surface area contributed by atoms with E-state index in [0.717, 1.165) is 19.6 Å². The highest BCUT2D eigenvalue weighted by atomic mass is 28.3. The maximum Gasteiger partial charge on any atom is 0.173 e. The van der Waals surface area contributed by atoms with Crippen LogP contribution in [0, 0.1) is 0 Å². The van der Waals surface area contributed by atoms with Crippen molar-refractivity contribution in [2.75, 3.05) is 20.3 Å². The second kappa shape index (κ2) is 8.24. The van der Waals surface area contributed by atoms with Crippen molar-refractivity contribution in [1.29, 1.82) is 0 Å². The van der Waals surface area contributed by atoms with Gasteiger partial charge in [0.2, 0.25) is 0 Å². The largest absolute Gasteiger partial charge is 0.420 e. The van der Waals surface area contributed by atoms with Gasteiger partial charge in [-0.2, -0.15) is 0 Å². The summed E-state index contributed by atoms with van der Waals surface area (Å²) in [6.45, 7) is 6.19. The first-order valence-electron chi connectivity index (χ1n) is 4.41. The highest BCUT2D eigenvalue weighted by Gasteiger charge is 2.01. The molecule has 0 fully saturated rings. The Bertz CT molecular complexity index is 78.5. The molecule has 0 aromatic heterocycles. The van der Waals surface area contributed by atoms with Crippen LogP contribution in [0.15, 0.2) is 0 Å². The molecule has 3 heteroatoms. The first kappa shape index (κ1) is 11.1. The summed E-state index contributed by atoms with van der Waals surface area (Å²) in [5, 5.41) is 0. The molecule has 0 saturated heterocycles. The number of hydrogen-bond donors (Lipinski definition) is 0. The topological polar surface area (TPSA) is 18.5 Å². The third-order valence-corrected chi connectivity index (χ3v) is 3.79. The molecule has 0 spiro atoms. The zero-order valence-corrected chi connectivity index (χ0v) is 9.08. The molecule has 0 aliphatic carbocycles. The molecule has 0 N–H and O–H groups in total. The smallest absolute Gasteiger partial charge is 0.173 e. The molecular weight excluding hydrogens is 156 g/mol. The Morgan fingerprint density at radius 3 is 2.55 bits per heavy atom. The van der Waals surface area contributed by atoms with Crippen LogP contribution >= 0.6 is 0 Å². The Labute approximate surface area is 71.6 Å². The van der Waals surface area contributed by atoms with E-state index in [1.165, 1.54) is 12.5 Å². The summed E-state index contributed by atoms with van der Waals surface area (Å²) in [6.07, 6.45) is 2.30. The predicted molar refractivity (Wildman–Crippen MR) is 50.6 cm³/mol. The Hall–Kier alpha value is 0.137. The van der Waals surface area contributed by atoms with E-state index in [0.29, 0.717) is 0 Å². The lowest BCUT2D eigenvalue weighted by Gasteiger charge is -2.09. The SMILES string of the molecule is CCC[SiH](C)OCCCOC. The minimum absolute atomic E-state index is 0.800. The van der Waals surface area contributed by atoms with Gasteiger partial charge in [0.05, 0.1) is 0 Å². The molecule has 11 heavy (non-hydrogen) atoms. The van der Waals surface area contributed by atoms with Crippen LogP contribution < -0.4 is 0 Å². The van der Waals surface area contributed by atoms with Crippen LogP contribution in [-0.4, -0.2) is 29.4 Å². The summed E-state index contributed by atoms with van der Waals surface area (Å²) in [6, 6.07) is 1.30. The Kier molecular flexibility index (Phi) is 8.34. The van der Waals surface area contributed by atoms with Crippen LogP contribution in [0.25, 0.3) is 0 Å². The highest BCUT2D eigenvalue weighted by molar-refractivity contribution is 6.50. The van der Waals surface area contributed by atoms with E-state index in [2.05, 4.69) is 13.5 Å². The average Bonchev–Trinajstić information content (AvgIpc) is 1.99. The van der Waals surface area contributed by atoms with Gasteiger partial charge < -0.3 is 9.16 Å². The van der Waals surface area contributed by atoms with Gasteiger partial charge in [-0.05, 0) is 19.0 Å². The van der Waals surface area contributed by atoms with E-state index in [9.17, 15) is 0 Å². The molecular formula is C8H20O2Si. The third-order valence-electron chi connectivity index (χ3n) is 1.59. The molecule has 0 heterocycles. The summed E-state index contributed by atoms with van der Waals surface area (Å²) in [4.78, 5) is 0. The second-order valence-electron chi connectivity index (χ2n) is 2.82. The molecule has 0 aliphatic rings. The van der Waals surface area contributed by atoms with Gasteiger partial charge >= 0.3 is 0 Å². The standard InChI is InChI=1S/C8H20O2Si/c1-4-8-11(3)10-7-5-6-9-2/h11H,4-8H2,1-3H3. The van der Waals surface area contributed by atoms with Crippen molar-refractivity contribution in [3.05, 3.63) is 0 Å². The minimum atomic E-state index is -0.800. The second-order valence-corrected chi connectivity index (χ2v) is 5.35. The summed E-state index contributed by atoms with van der Waals surface area (Å²) in [5.74, 6) is 0. The monoisotopic (exact) mass is 176 g/mol. The molecule has 0 saturated carbocycles. The molecule has 0 amide bonds. The first-order chi connectivity index (χ1) is 5.31. The highest BCUT2D eigenvalue weighted by Crippen LogP contribution is 1.98. The lowest BCUT2D eigenvalue weighted by atomic mass is 10.5. The van der Waals surface area contributed by atoms with Crippen LogP contribution in [0.4, 0.5) is 0 Å². The predicted octanol–water partition coefficient (Wildman–Crippen LogP) is 1.80. The number of hydrogen-bond acceptors (Lipinski definition) is 2. The van der Waals surface area contributed by atoms with E-state index < -0.39 is 9.04 Å². The van der Waals surface area contributed by atoms with Crippen molar-refractivity contribution in [2.24, 2.45) is 0 Å². The number of ether oxygens (including phenoxy) is 1. The van der Waals surface area contributed by atoms with Gasteiger partial charge in [-0.3, -0.25) is 0 Å². The quantitative estimate of drug-likeness (QED) is 0.435. The Morgan fingerprint density at radius 1 is 1.27 bits per heavy atom. The maximum atomic E-state index is 5.64. The van der Waals surface area contributed by atoms with E-state index >= 15 is 0 Å². The lowest BCUT2D eigenvalue weighted by molar-refractivity contribution is 0.172. The van der Waals surface area contributed by atoms with Crippen molar-refractivity contribution < 1.29 is 9.16 Å². The average molecular weight is 176 g/mol. The molecule has 0 radical (unpaired) electrons. The summed E-state index contributed by atoms with van der Waals surface area (Å²) >= 11 is 0. The van der Waals surface area contributed by atoms with Crippen LogP contribution in [0.2, 0.25) is 12.6 Å². The molecule has 0 aliphatic heterocycles. The molecule has 2 nitrogen and oxygen atoms in total. The van der Waals surface area contributed by atoms with Crippen molar-refractivity contribution in [2.45, 2.75) is 32.4 Å². The van der Waals surface area contributed by atoms with Gasteiger partial charge in [-0.25, -0.2) is 0 Å². The summed E-state index contributed by atoms with van der Waals surface area (Å²) in [5.41, 5.74) is 0. The van der Waals surface area contributed by atoms with E-state index in [4.69, 9.17) is 9.16 Å². The van der Waals surface area contributed by atoms with Crippen LogP contribution in [-0.2, 0) is 9.16 Å². The van der Waals surface area contributed by atoms with Crippen molar-refractivity contribution >= 4 is 9.04 Å². The zero-order valence-electron chi connectivity index (χ0n) is 7.93. The van der Waals surface area contributed by atoms with Crippen LogP contribution in [0.1, 0.15) is 19.8 Å². The lowest BCUT2D eigenvalue weighted by Crippen LogP contribution is -2.14. The van der Waals surface area contributed by atoms with Gasteiger partial charge in [0.25, 0.3) is 0 Å². The fourth-order valence-corrected chi connectivity index (χ4v) is 2.53. The molecule has 1 unspecified atom stereocenters. The molecule has 0 aromatic carbocycles. The van der Waals surface area contributed by atoms with Gasteiger partial charge in [-0.15, -0.1) is 0 Å². The fraction of sp³-hybridized carbons (Fsp3) is 1.00. The third kappa shape index (κ3) is 8.04. The van der Waals surface area contributed by atoms with E-state index in [1.807, 2.05) is 0 Å². The number of rotatable bonds is 7. The van der Waals surface area contributed by atoms with Crippen LogP contribution in [0.3, 0.4) is 0 Å². The summed E-state index contributed by atoms with van der Waals surface area (Å²) < 4.78 is 10.6. The van der Waals surface area contributed by atoms with E-state index in [-0.39, 0.29) is 0 Å². The first-order valence-corrected chi connectivity index (χ1v) is 6.86. The zero-order chi connectivity index (χ0) is 8.53. The molecule has 0 rings (SSSR count).